The standard InChI is InChI=1S/C17H11Cl2N5O5/c1-9-11(17(22-29-9)16-12(18)3-2-4-13(16)19)8-20-21-14-6-5-10(23(25)26)7-15(14)24(27)28/h2-8,21H,1H3/b20-8-. The highest BCUT2D eigenvalue weighted by molar-refractivity contribution is 6.39. The second-order valence-electron chi connectivity index (χ2n) is 5.68. The number of benzene rings is 2. The number of aromatic nitrogens is 1. The van der Waals surface area contributed by atoms with E-state index in [4.69, 9.17) is 27.7 Å². The van der Waals surface area contributed by atoms with E-state index in [1.807, 2.05) is 0 Å². The van der Waals surface area contributed by atoms with Crippen molar-refractivity contribution in [2.75, 3.05) is 5.43 Å². The van der Waals surface area contributed by atoms with Crippen LogP contribution in [0.5, 0.6) is 0 Å². The number of nitrogens with zero attached hydrogens (tertiary/aromatic N) is 4. The fourth-order valence-corrected chi connectivity index (χ4v) is 3.06. The molecule has 1 heterocycles. The molecule has 2 aromatic carbocycles. The zero-order chi connectivity index (χ0) is 21.1. The van der Waals surface area contributed by atoms with E-state index in [-0.39, 0.29) is 5.69 Å². The third kappa shape index (κ3) is 4.18. The third-order valence-electron chi connectivity index (χ3n) is 3.88. The first-order chi connectivity index (χ1) is 13.8. The van der Waals surface area contributed by atoms with E-state index in [0.29, 0.717) is 32.6 Å². The van der Waals surface area contributed by atoms with Crippen molar-refractivity contribution in [3.63, 3.8) is 0 Å². The normalized spacial score (nSPS) is 11.0. The van der Waals surface area contributed by atoms with Crippen LogP contribution in [0.3, 0.4) is 0 Å². The Bertz CT molecular complexity index is 1120. The van der Waals surface area contributed by atoms with Crippen molar-refractivity contribution >= 4 is 46.5 Å². The van der Waals surface area contributed by atoms with Gasteiger partial charge < -0.3 is 4.52 Å². The Labute approximate surface area is 173 Å². The van der Waals surface area contributed by atoms with Crippen molar-refractivity contribution in [3.05, 3.63) is 78.0 Å². The molecule has 0 radical (unpaired) electrons. The molecule has 0 fully saturated rings. The first kappa shape index (κ1) is 20.2. The fraction of sp³-hybridized carbons (Fsp3) is 0.0588. The van der Waals surface area contributed by atoms with Crippen molar-refractivity contribution in [1.82, 2.24) is 5.16 Å². The van der Waals surface area contributed by atoms with Crippen LogP contribution in [0, 0.1) is 27.2 Å². The molecule has 0 saturated carbocycles. The molecule has 3 rings (SSSR count). The van der Waals surface area contributed by atoms with Gasteiger partial charge in [-0.25, -0.2) is 0 Å². The second-order valence-corrected chi connectivity index (χ2v) is 6.50. The Morgan fingerprint density at radius 2 is 1.83 bits per heavy atom. The molecular formula is C17H11Cl2N5O5. The highest BCUT2D eigenvalue weighted by Gasteiger charge is 2.20. The Hall–Kier alpha value is -3.50. The molecule has 0 aliphatic carbocycles. The Morgan fingerprint density at radius 1 is 1.14 bits per heavy atom. The van der Waals surface area contributed by atoms with E-state index < -0.39 is 21.2 Å². The highest BCUT2D eigenvalue weighted by Crippen LogP contribution is 2.36. The molecule has 0 unspecified atom stereocenters. The summed E-state index contributed by atoms with van der Waals surface area (Å²) in [5, 5.41) is 30.7. The number of rotatable bonds is 6. The van der Waals surface area contributed by atoms with Crippen molar-refractivity contribution in [2.45, 2.75) is 6.92 Å². The van der Waals surface area contributed by atoms with Gasteiger partial charge in [-0.2, -0.15) is 5.10 Å². The van der Waals surface area contributed by atoms with Gasteiger partial charge in [0.1, 0.15) is 17.1 Å². The Kier molecular flexibility index (Phi) is 5.76. The van der Waals surface area contributed by atoms with Crippen LogP contribution in [0.15, 0.2) is 46.0 Å². The molecule has 0 aliphatic heterocycles. The molecule has 3 aromatic rings. The molecule has 0 amide bonds. The third-order valence-corrected chi connectivity index (χ3v) is 4.51. The fourth-order valence-electron chi connectivity index (χ4n) is 2.48. The van der Waals surface area contributed by atoms with Crippen LogP contribution in [0.2, 0.25) is 10.0 Å². The Balaban J connectivity index is 1.94. The molecule has 1 N–H and O–H groups in total. The number of nitro groups is 2. The van der Waals surface area contributed by atoms with E-state index in [1.54, 1.807) is 25.1 Å². The maximum Gasteiger partial charge on any atom is 0.301 e. The molecule has 10 nitrogen and oxygen atoms in total. The maximum atomic E-state index is 11.2. The minimum absolute atomic E-state index is 0.0247. The number of non-ortho nitro benzene ring substituents is 1. The van der Waals surface area contributed by atoms with E-state index in [9.17, 15) is 20.2 Å². The zero-order valence-corrected chi connectivity index (χ0v) is 16.1. The summed E-state index contributed by atoms with van der Waals surface area (Å²) in [4.78, 5) is 20.5. The van der Waals surface area contributed by atoms with Crippen LogP contribution in [0.1, 0.15) is 11.3 Å². The van der Waals surface area contributed by atoms with E-state index in [1.165, 1.54) is 12.3 Å². The maximum absolute atomic E-state index is 11.2. The number of nitro benzene ring substituents is 2. The highest BCUT2D eigenvalue weighted by atomic mass is 35.5. The topological polar surface area (TPSA) is 137 Å². The van der Waals surface area contributed by atoms with Crippen molar-refractivity contribution in [1.29, 1.82) is 0 Å². The summed E-state index contributed by atoms with van der Waals surface area (Å²) in [6.07, 6.45) is 1.34. The van der Waals surface area contributed by atoms with Gasteiger partial charge in [-0.1, -0.05) is 34.4 Å². The lowest BCUT2D eigenvalue weighted by Crippen LogP contribution is -1.99. The molecule has 0 saturated heterocycles. The summed E-state index contributed by atoms with van der Waals surface area (Å²) in [5.74, 6) is 0.416. The molecule has 12 heteroatoms. The second kappa shape index (κ2) is 8.25. The molecule has 148 valence electrons. The largest absolute Gasteiger partial charge is 0.360 e. The Morgan fingerprint density at radius 3 is 2.45 bits per heavy atom. The number of nitrogens with one attached hydrogen (secondary N) is 1. The average Bonchev–Trinajstić information content (AvgIpc) is 3.02. The summed E-state index contributed by atoms with van der Waals surface area (Å²) in [5.41, 5.74) is 2.84. The van der Waals surface area contributed by atoms with Gasteiger partial charge in [-0.15, -0.1) is 0 Å². The van der Waals surface area contributed by atoms with Crippen molar-refractivity contribution in [3.8, 4) is 11.3 Å². The molecular weight excluding hydrogens is 425 g/mol. The van der Waals surface area contributed by atoms with E-state index in [0.717, 1.165) is 12.1 Å². The van der Waals surface area contributed by atoms with Gasteiger partial charge in [0.15, 0.2) is 0 Å². The summed E-state index contributed by atoms with van der Waals surface area (Å²) in [6.45, 7) is 1.65. The number of halogens is 2. The summed E-state index contributed by atoms with van der Waals surface area (Å²) >= 11 is 12.4. The van der Waals surface area contributed by atoms with Crippen molar-refractivity contribution in [2.24, 2.45) is 5.10 Å². The minimum Gasteiger partial charge on any atom is -0.360 e. The smallest absolute Gasteiger partial charge is 0.301 e. The van der Waals surface area contributed by atoms with Crippen LogP contribution < -0.4 is 5.43 Å². The minimum atomic E-state index is -0.746. The van der Waals surface area contributed by atoms with Crippen LogP contribution in [0.25, 0.3) is 11.3 Å². The quantitative estimate of drug-likeness (QED) is 0.318. The SMILES string of the molecule is Cc1onc(-c2c(Cl)cccc2Cl)c1/C=N\Nc1ccc([N+](=O)[O-])cc1[N+](=O)[O-]. The average molecular weight is 436 g/mol. The predicted molar refractivity (Wildman–Crippen MR) is 108 cm³/mol. The molecule has 0 spiro atoms. The number of anilines is 1. The van der Waals surface area contributed by atoms with Gasteiger partial charge in [0.25, 0.3) is 5.69 Å². The van der Waals surface area contributed by atoms with Gasteiger partial charge in [-0.05, 0) is 25.1 Å². The first-order valence-electron chi connectivity index (χ1n) is 7.92. The predicted octanol–water partition coefficient (Wildman–Crippen LogP) is 5.22. The molecule has 1 aromatic heterocycles. The molecule has 0 aliphatic rings. The monoisotopic (exact) mass is 435 g/mol. The van der Waals surface area contributed by atoms with Crippen LogP contribution in [-0.4, -0.2) is 21.2 Å². The van der Waals surface area contributed by atoms with E-state index in [2.05, 4.69) is 15.7 Å². The summed E-state index contributed by atoms with van der Waals surface area (Å²) in [6, 6.07) is 8.14. The molecule has 0 atom stereocenters. The number of hydrogen-bond acceptors (Lipinski definition) is 8. The van der Waals surface area contributed by atoms with Crippen molar-refractivity contribution < 1.29 is 14.4 Å². The van der Waals surface area contributed by atoms with Gasteiger partial charge >= 0.3 is 5.69 Å². The number of hydrazone groups is 1. The van der Waals surface area contributed by atoms with Gasteiger partial charge in [0, 0.05) is 11.6 Å². The molecule has 0 bridgehead atoms. The lowest BCUT2D eigenvalue weighted by atomic mass is 10.1. The first-order valence-corrected chi connectivity index (χ1v) is 8.67. The summed E-state index contributed by atoms with van der Waals surface area (Å²) in [7, 11) is 0. The van der Waals surface area contributed by atoms with Gasteiger partial charge in [-0.3, -0.25) is 25.7 Å². The summed E-state index contributed by atoms with van der Waals surface area (Å²) < 4.78 is 5.20. The lowest BCUT2D eigenvalue weighted by molar-refractivity contribution is -0.393. The van der Waals surface area contributed by atoms with Gasteiger partial charge in [0.2, 0.25) is 0 Å². The number of aryl methyl sites for hydroxylation is 1. The van der Waals surface area contributed by atoms with Crippen LogP contribution in [0.4, 0.5) is 17.1 Å². The van der Waals surface area contributed by atoms with E-state index >= 15 is 0 Å². The zero-order valence-electron chi connectivity index (χ0n) is 14.6. The number of hydrogen-bond donors (Lipinski definition) is 1. The van der Waals surface area contributed by atoms with Crippen LogP contribution >= 0.6 is 23.2 Å². The van der Waals surface area contributed by atoms with Crippen LogP contribution in [-0.2, 0) is 0 Å². The lowest BCUT2D eigenvalue weighted by Gasteiger charge is -2.04. The molecule has 29 heavy (non-hydrogen) atoms. The van der Waals surface area contributed by atoms with Gasteiger partial charge in [0.05, 0.1) is 37.7 Å².